The molecule has 0 spiro atoms. The van der Waals surface area contributed by atoms with Gasteiger partial charge in [0.15, 0.2) is 5.82 Å². The fourth-order valence-electron chi connectivity index (χ4n) is 3.81. The SMILES string of the molecule is CC(C)(C)c1ccc(-n2nc(C[N+]3(C)CCOCC3)nc2-c2cccc([O-])c2)cc1. The van der Waals surface area contributed by atoms with Gasteiger partial charge in [0, 0.05) is 5.56 Å². The number of hydrogen-bond donors (Lipinski definition) is 0. The first-order valence-corrected chi connectivity index (χ1v) is 10.5. The predicted molar refractivity (Wildman–Crippen MR) is 115 cm³/mol. The monoisotopic (exact) mass is 406 g/mol. The summed E-state index contributed by atoms with van der Waals surface area (Å²) >= 11 is 0. The zero-order chi connectivity index (χ0) is 21.4. The predicted octanol–water partition coefficient (Wildman–Crippen LogP) is 3.28. The summed E-state index contributed by atoms with van der Waals surface area (Å²) in [6, 6.07) is 15.3. The summed E-state index contributed by atoms with van der Waals surface area (Å²) in [5.41, 5.74) is 3.07. The smallest absolute Gasteiger partial charge is 0.206 e. The lowest BCUT2D eigenvalue weighted by atomic mass is 9.87. The lowest BCUT2D eigenvalue weighted by molar-refractivity contribution is -0.930. The second-order valence-corrected chi connectivity index (χ2v) is 9.43. The summed E-state index contributed by atoms with van der Waals surface area (Å²) in [4.78, 5) is 4.86. The Hall–Kier alpha value is -2.70. The lowest BCUT2D eigenvalue weighted by Gasteiger charge is -2.36. The van der Waals surface area contributed by atoms with Crippen LogP contribution in [-0.4, -0.2) is 52.6 Å². The first kappa shape index (κ1) is 20.6. The Morgan fingerprint density at radius 3 is 2.40 bits per heavy atom. The van der Waals surface area contributed by atoms with Gasteiger partial charge >= 0.3 is 0 Å². The Morgan fingerprint density at radius 2 is 1.77 bits per heavy atom. The largest absolute Gasteiger partial charge is 0.872 e. The molecule has 1 fully saturated rings. The van der Waals surface area contributed by atoms with Crippen LogP contribution in [0.5, 0.6) is 5.75 Å². The molecule has 2 heterocycles. The van der Waals surface area contributed by atoms with Gasteiger partial charge in [-0.2, -0.15) is 0 Å². The molecule has 1 aromatic heterocycles. The summed E-state index contributed by atoms with van der Waals surface area (Å²) in [6.45, 7) is 10.8. The van der Waals surface area contributed by atoms with E-state index in [-0.39, 0.29) is 11.2 Å². The maximum atomic E-state index is 12.0. The van der Waals surface area contributed by atoms with Crippen LogP contribution in [0.3, 0.4) is 0 Å². The zero-order valence-corrected chi connectivity index (χ0v) is 18.3. The number of ether oxygens (including phenoxy) is 1. The zero-order valence-electron chi connectivity index (χ0n) is 18.3. The number of aromatic nitrogens is 3. The Labute approximate surface area is 178 Å². The van der Waals surface area contributed by atoms with Gasteiger partial charge < -0.3 is 14.3 Å². The molecule has 2 aromatic carbocycles. The standard InChI is InChI=1S/C24H30N4O2/c1-24(2,3)19-8-10-20(11-9-19)27-23(18-6-5-7-21(29)16-18)25-22(26-27)17-28(4)12-14-30-15-13-28/h5-11,16H,12-15,17H2,1-4H3. The van der Waals surface area contributed by atoms with Crippen molar-refractivity contribution in [2.45, 2.75) is 32.7 Å². The minimum Gasteiger partial charge on any atom is -0.872 e. The van der Waals surface area contributed by atoms with Crippen LogP contribution in [0.1, 0.15) is 32.2 Å². The minimum atomic E-state index is -0.0288. The van der Waals surface area contributed by atoms with Crippen LogP contribution >= 0.6 is 0 Å². The summed E-state index contributed by atoms with van der Waals surface area (Å²) < 4.78 is 8.24. The number of morpholine rings is 1. The van der Waals surface area contributed by atoms with E-state index in [2.05, 4.69) is 52.1 Å². The highest BCUT2D eigenvalue weighted by molar-refractivity contribution is 5.60. The molecule has 30 heavy (non-hydrogen) atoms. The van der Waals surface area contributed by atoms with Gasteiger partial charge in [-0.1, -0.05) is 57.2 Å². The van der Waals surface area contributed by atoms with Gasteiger partial charge in [-0.3, -0.25) is 0 Å². The summed E-state index contributed by atoms with van der Waals surface area (Å²) in [5, 5.41) is 16.8. The van der Waals surface area contributed by atoms with Gasteiger partial charge in [-0.05, 0) is 23.1 Å². The molecular formula is C24H30N4O2. The molecule has 0 unspecified atom stereocenters. The van der Waals surface area contributed by atoms with Gasteiger partial charge in [0.1, 0.15) is 19.6 Å². The van der Waals surface area contributed by atoms with Gasteiger partial charge in [0.2, 0.25) is 5.82 Å². The quantitative estimate of drug-likeness (QED) is 0.624. The minimum absolute atomic E-state index is 0.0288. The van der Waals surface area contributed by atoms with E-state index in [0.717, 1.165) is 54.4 Å². The molecule has 6 nitrogen and oxygen atoms in total. The van der Waals surface area contributed by atoms with E-state index < -0.39 is 0 Å². The third-order valence-corrected chi connectivity index (χ3v) is 5.80. The second-order valence-electron chi connectivity index (χ2n) is 9.43. The number of quaternary nitrogens is 1. The molecule has 158 valence electrons. The number of nitrogens with zero attached hydrogens (tertiary/aromatic N) is 4. The van der Waals surface area contributed by atoms with E-state index in [1.54, 1.807) is 18.2 Å². The molecule has 0 bridgehead atoms. The van der Waals surface area contributed by atoms with Crippen molar-refractivity contribution in [3.05, 3.63) is 59.9 Å². The van der Waals surface area contributed by atoms with Crippen molar-refractivity contribution in [3.63, 3.8) is 0 Å². The van der Waals surface area contributed by atoms with Crippen molar-refractivity contribution in [3.8, 4) is 22.8 Å². The molecule has 6 heteroatoms. The van der Waals surface area contributed by atoms with Crippen molar-refractivity contribution in [2.75, 3.05) is 33.4 Å². The fourth-order valence-corrected chi connectivity index (χ4v) is 3.81. The van der Waals surface area contributed by atoms with E-state index in [4.69, 9.17) is 14.8 Å². The molecule has 3 aromatic rings. The topological polar surface area (TPSA) is 63.0 Å². The van der Waals surface area contributed by atoms with Crippen molar-refractivity contribution in [1.29, 1.82) is 0 Å². The van der Waals surface area contributed by atoms with Crippen LogP contribution < -0.4 is 5.11 Å². The Balaban J connectivity index is 1.75. The second kappa shape index (κ2) is 7.85. The molecule has 0 radical (unpaired) electrons. The normalized spacial score (nSPS) is 16.5. The van der Waals surface area contributed by atoms with Crippen LogP contribution in [0.4, 0.5) is 0 Å². The van der Waals surface area contributed by atoms with Crippen LogP contribution in [-0.2, 0) is 16.7 Å². The molecule has 0 aliphatic carbocycles. The highest BCUT2D eigenvalue weighted by Crippen LogP contribution is 2.27. The van der Waals surface area contributed by atoms with E-state index in [0.29, 0.717) is 5.82 Å². The van der Waals surface area contributed by atoms with Crippen LogP contribution in [0, 0.1) is 0 Å². The number of likely N-dealkylation sites (N-methyl/N-ethyl adjacent to an activating group) is 1. The number of benzene rings is 2. The maximum absolute atomic E-state index is 12.0. The fraction of sp³-hybridized carbons (Fsp3) is 0.417. The van der Waals surface area contributed by atoms with Crippen molar-refractivity contribution in [1.82, 2.24) is 14.8 Å². The lowest BCUT2D eigenvalue weighted by Crippen LogP contribution is -2.51. The molecule has 4 rings (SSSR count). The summed E-state index contributed by atoms with van der Waals surface area (Å²) in [7, 11) is 2.22. The van der Waals surface area contributed by atoms with Crippen molar-refractivity contribution >= 4 is 0 Å². The average Bonchev–Trinajstić information content (AvgIpc) is 3.11. The van der Waals surface area contributed by atoms with Gasteiger partial charge in [0.25, 0.3) is 0 Å². The number of rotatable bonds is 4. The number of hydrogen-bond acceptors (Lipinski definition) is 4. The molecule has 1 aliphatic rings. The van der Waals surface area contributed by atoms with Gasteiger partial charge in [-0.15, -0.1) is 10.8 Å². The molecule has 0 saturated carbocycles. The Morgan fingerprint density at radius 1 is 1.07 bits per heavy atom. The van der Waals surface area contributed by atoms with E-state index >= 15 is 0 Å². The van der Waals surface area contributed by atoms with Gasteiger partial charge in [-0.25, -0.2) is 9.67 Å². The Kier molecular flexibility index (Phi) is 5.38. The van der Waals surface area contributed by atoms with Gasteiger partial charge in [0.05, 0.1) is 25.9 Å². The van der Waals surface area contributed by atoms with Crippen LogP contribution in [0.2, 0.25) is 0 Å². The Bertz CT molecular complexity index is 1010. The summed E-state index contributed by atoms with van der Waals surface area (Å²) in [6.07, 6.45) is 0. The maximum Gasteiger partial charge on any atom is 0.206 e. The summed E-state index contributed by atoms with van der Waals surface area (Å²) in [5.74, 6) is 1.45. The highest BCUT2D eigenvalue weighted by atomic mass is 16.5. The first-order valence-electron chi connectivity index (χ1n) is 10.5. The van der Waals surface area contributed by atoms with E-state index in [1.807, 2.05) is 10.7 Å². The molecular weight excluding hydrogens is 376 g/mol. The van der Waals surface area contributed by atoms with Crippen molar-refractivity contribution in [2.24, 2.45) is 0 Å². The van der Waals surface area contributed by atoms with Crippen LogP contribution in [0.25, 0.3) is 17.1 Å². The first-order chi connectivity index (χ1) is 14.2. The molecule has 0 amide bonds. The van der Waals surface area contributed by atoms with E-state index in [1.165, 1.54) is 5.56 Å². The molecule has 1 saturated heterocycles. The third-order valence-electron chi connectivity index (χ3n) is 5.80. The molecule has 0 atom stereocenters. The van der Waals surface area contributed by atoms with Crippen molar-refractivity contribution < 1.29 is 14.3 Å². The molecule has 1 aliphatic heterocycles. The van der Waals surface area contributed by atoms with Crippen LogP contribution in [0.15, 0.2) is 48.5 Å². The molecule has 0 N–H and O–H groups in total. The third kappa shape index (κ3) is 4.40. The van der Waals surface area contributed by atoms with E-state index in [9.17, 15) is 5.11 Å². The average molecular weight is 407 g/mol. The highest BCUT2D eigenvalue weighted by Gasteiger charge is 2.28.